The van der Waals surface area contributed by atoms with Gasteiger partial charge in [0.15, 0.2) is 0 Å². The second kappa shape index (κ2) is 5.32. The molecule has 1 aliphatic rings. The van der Waals surface area contributed by atoms with Crippen molar-refractivity contribution in [1.82, 2.24) is 0 Å². The fourth-order valence-corrected chi connectivity index (χ4v) is 2.27. The number of carboxylic acids is 1. The minimum Gasteiger partial charge on any atom is -0.481 e. The van der Waals surface area contributed by atoms with Gasteiger partial charge >= 0.3 is 5.97 Å². The molecule has 1 atom stereocenters. The van der Waals surface area contributed by atoms with Crippen molar-refractivity contribution in [3.63, 3.8) is 0 Å². The number of nitrogens with zero attached hydrogens (tertiary/aromatic N) is 1. The molecule has 1 aromatic carbocycles. The second-order valence-corrected chi connectivity index (χ2v) is 4.92. The van der Waals surface area contributed by atoms with Gasteiger partial charge in [0.05, 0.1) is 5.92 Å². The van der Waals surface area contributed by atoms with Gasteiger partial charge in [-0.2, -0.15) is 0 Å². The molecule has 0 spiro atoms. The lowest BCUT2D eigenvalue weighted by Gasteiger charge is -2.18. The molecule has 0 saturated carbocycles. The number of hydrogen-bond acceptors (Lipinski definition) is 3. The lowest BCUT2D eigenvalue weighted by atomic mass is 10.1. The molecule has 0 bridgehead atoms. The van der Waals surface area contributed by atoms with E-state index in [4.69, 9.17) is 5.11 Å². The number of aryl methyl sites for hydroxylation is 1. The van der Waals surface area contributed by atoms with Crippen LogP contribution in [0.5, 0.6) is 0 Å². The Morgan fingerprint density at radius 1 is 1.40 bits per heavy atom. The molecule has 1 heterocycles. The summed E-state index contributed by atoms with van der Waals surface area (Å²) in [6.07, 6.45) is 0.0296. The SMILES string of the molecule is CC(=O)Nc1ccc(N2CC(C(=O)O)CC2=O)cc1C. The zero-order valence-corrected chi connectivity index (χ0v) is 11.3. The summed E-state index contributed by atoms with van der Waals surface area (Å²) in [6.45, 7) is 3.44. The predicted octanol–water partition coefficient (Wildman–Crippen LogP) is 1.39. The summed E-state index contributed by atoms with van der Waals surface area (Å²) < 4.78 is 0. The number of rotatable bonds is 3. The first-order valence-corrected chi connectivity index (χ1v) is 6.30. The maximum atomic E-state index is 11.9. The van der Waals surface area contributed by atoms with Crippen LogP contribution in [-0.2, 0) is 14.4 Å². The fraction of sp³-hybridized carbons (Fsp3) is 0.357. The van der Waals surface area contributed by atoms with Gasteiger partial charge in [0.25, 0.3) is 0 Å². The van der Waals surface area contributed by atoms with E-state index in [0.29, 0.717) is 11.4 Å². The van der Waals surface area contributed by atoms with E-state index in [9.17, 15) is 14.4 Å². The number of benzene rings is 1. The molecule has 0 radical (unpaired) electrons. The van der Waals surface area contributed by atoms with E-state index in [0.717, 1.165) is 5.56 Å². The molecule has 20 heavy (non-hydrogen) atoms. The van der Waals surface area contributed by atoms with Crippen molar-refractivity contribution in [2.75, 3.05) is 16.8 Å². The highest BCUT2D eigenvalue weighted by Crippen LogP contribution is 2.28. The molecule has 6 heteroatoms. The fourth-order valence-electron chi connectivity index (χ4n) is 2.27. The molecule has 6 nitrogen and oxygen atoms in total. The monoisotopic (exact) mass is 276 g/mol. The van der Waals surface area contributed by atoms with Gasteiger partial charge < -0.3 is 15.3 Å². The highest BCUT2D eigenvalue weighted by atomic mass is 16.4. The molecule has 2 N–H and O–H groups in total. The van der Waals surface area contributed by atoms with Crippen LogP contribution >= 0.6 is 0 Å². The number of carbonyl (C=O) groups is 3. The van der Waals surface area contributed by atoms with Gasteiger partial charge in [-0.3, -0.25) is 14.4 Å². The number of aliphatic carboxylic acids is 1. The zero-order chi connectivity index (χ0) is 14.9. The van der Waals surface area contributed by atoms with Crippen LogP contribution in [0.25, 0.3) is 0 Å². The van der Waals surface area contributed by atoms with E-state index in [-0.39, 0.29) is 24.8 Å². The van der Waals surface area contributed by atoms with Crippen LogP contribution in [0.2, 0.25) is 0 Å². The van der Waals surface area contributed by atoms with E-state index in [2.05, 4.69) is 5.32 Å². The highest BCUT2D eigenvalue weighted by molar-refractivity contribution is 5.99. The van der Waals surface area contributed by atoms with Crippen LogP contribution < -0.4 is 10.2 Å². The van der Waals surface area contributed by atoms with Crippen LogP contribution in [0, 0.1) is 12.8 Å². The Bertz CT molecular complexity index is 583. The van der Waals surface area contributed by atoms with E-state index >= 15 is 0 Å². The summed E-state index contributed by atoms with van der Waals surface area (Å²) in [5.74, 6) is -1.96. The van der Waals surface area contributed by atoms with Gasteiger partial charge in [-0.05, 0) is 30.7 Å². The first-order chi connectivity index (χ1) is 9.38. The van der Waals surface area contributed by atoms with E-state index < -0.39 is 11.9 Å². The molecule has 0 aromatic heterocycles. The Kier molecular flexibility index (Phi) is 3.74. The summed E-state index contributed by atoms with van der Waals surface area (Å²) in [5, 5.41) is 11.7. The third-order valence-electron chi connectivity index (χ3n) is 3.31. The van der Waals surface area contributed by atoms with Crippen molar-refractivity contribution in [2.45, 2.75) is 20.3 Å². The Balaban J connectivity index is 2.22. The number of amides is 2. The van der Waals surface area contributed by atoms with E-state index in [1.165, 1.54) is 11.8 Å². The maximum absolute atomic E-state index is 11.9. The van der Waals surface area contributed by atoms with Gasteiger partial charge in [-0.25, -0.2) is 0 Å². The Hall–Kier alpha value is -2.37. The number of nitrogens with one attached hydrogen (secondary N) is 1. The van der Waals surface area contributed by atoms with Crippen molar-refractivity contribution < 1.29 is 19.5 Å². The van der Waals surface area contributed by atoms with Crippen LogP contribution in [0.4, 0.5) is 11.4 Å². The van der Waals surface area contributed by atoms with Gasteiger partial charge in [-0.15, -0.1) is 0 Å². The lowest BCUT2D eigenvalue weighted by molar-refractivity contribution is -0.141. The van der Waals surface area contributed by atoms with Gasteiger partial charge in [0.1, 0.15) is 0 Å². The van der Waals surface area contributed by atoms with Crippen molar-refractivity contribution in [2.24, 2.45) is 5.92 Å². The topological polar surface area (TPSA) is 86.7 Å². The Morgan fingerprint density at radius 2 is 2.10 bits per heavy atom. The van der Waals surface area contributed by atoms with Gasteiger partial charge in [0, 0.05) is 31.3 Å². The van der Waals surface area contributed by atoms with E-state index in [1.54, 1.807) is 18.2 Å². The van der Waals surface area contributed by atoms with Gasteiger partial charge in [-0.1, -0.05) is 0 Å². The smallest absolute Gasteiger partial charge is 0.308 e. The zero-order valence-electron chi connectivity index (χ0n) is 11.3. The molecular weight excluding hydrogens is 260 g/mol. The Labute approximate surface area is 116 Å². The third-order valence-corrected chi connectivity index (χ3v) is 3.31. The van der Waals surface area contributed by atoms with Crippen LogP contribution in [0.1, 0.15) is 18.9 Å². The summed E-state index contributed by atoms with van der Waals surface area (Å²) in [7, 11) is 0. The van der Waals surface area contributed by atoms with Crippen LogP contribution in [-0.4, -0.2) is 29.4 Å². The summed E-state index contributed by atoms with van der Waals surface area (Å²) in [6, 6.07) is 5.20. The molecule has 1 aliphatic heterocycles. The molecule has 1 aromatic rings. The lowest BCUT2D eigenvalue weighted by Crippen LogP contribution is -2.25. The molecule has 2 amide bonds. The largest absolute Gasteiger partial charge is 0.481 e. The average Bonchev–Trinajstić information content (AvgIpc) is 2.74. The van der Waals surface area contributed by atoms with E-state index in [1.807, 2.05) is 6.92 Å². The Morgan fingerprint density at radius 3 is 2.60 bits per heavy atom. The average molecular weight is 276 g/mol. The maximum Gasteiger partial charge on any atom is 0.308 e. The third kappa shape index (κ3) is 2.79. The van der Waals surface area contributed by atoms with Crippen LogP contribution in [0.3, 0.4) is 0 Å². The normalized spacial score (nSPS) is 18.2. The standard InChI is InChI=1S/C14H16N2O4/c1-8-5-11(3-4-12(8)15-9(2)17)16-7-10(14(19)20)6-13(16)18/h3-5,10H,6-7H2,1-2H3,(H,15,17)(H,19,20). The summed E-state index contributed by atoms with van der Waals surface area (Å²) in [4.78, 5) is 35.3. The molecule has 1 fully saturated rings. The van der Waals surface area contributed by atoms with Crippen molar-refractivity contribution in [3.05, 3.63) is 23.8 Å². The highest BCUT2D eigenvalue weighted by Gasteiger charge is 2.35. The molecular formula is C14H16N2O4. The molecule has 1 saturated heterocycles. The predicted molar refractivity (Wildman–Crippen MR) is 73.6 cm³/mol. The molecule has 106 valence electrons. The number of anilines is 2. The quantitative estimate of drug-likeness (QED) is 0.873. The first kappa shape index (κ1) is 14.0. The van der Waals surface area contributed by atoms with Crippen molar-refractivity contribution in [1.29, 1.82) is 0 Å². The minimum absolute atomic E-state index is 0.0296. The molecule has 0 aliphatic carbocycles. The molecule has 1 unspecified atom stereocenters. The van der Waals surface area contributed by atoms with Crippen LogP contribution in [0.15, 0.2) is 18.2 Å². The number of hydrogen-bond donors (Lipinski definition) is 2. The van der Waals surface area contributed by atoms with Gasteiger partial charge in [0.2, 0.25) is 11.8 Å². The second-order valence-electron chi connectivity index (χ2n) is 4.92. The summed E-state index contributed by atoms with van der Waals surface area (Å²) >= 11 is 0. The van der Waals surface area contributed by atoms with Crippen molar-refractivity contribution in [3.8, 4) is 0 Å². The molecule has 2 rings (SSSR count). The number of carboxylic acid groups (broad SMARTS) is 1. The van der Waals surface area contributed by atoms with Crippen molar-refractivity contribution >= 4 is 29.2 Å². The minimum atomic E-state index is -0.951. The number of carbonyl (C=O) groups excluding carboxylic acids is 2. The first-order valence-electron chi connectivity index (χ1n) is 6.30. The summed E-state index contributed by atoms with van der Waals surface area (Å²) in [5.41, 5.74) is 2.16.